The van der Waals surface area contributed by atoms with Crippen molar-refractivity contribution in [2.45, 2.75) is 44.4 Å². The molecular formula is C32H32N4O5. The van der Waals surface area contributed by atoms with Gasteiger partial charge < -0.3 is 34.2 Å². The minimum Gasteiger partial charge on any atom is -0.385 e. The smallest absolute Gasteiger partial charge is 0.277 e. The summed E-state index contributed by atoms with van der Waals surface area (Å²) in [6.07, 6.45) is -0.524. The molecule has 9 heteroatoms. The Labute approximate surface area is 237 Å². The molecule has 210 valence electrons. The Balaban J connectivity index is 1.32. The molecule has 41 heavy (non-hydrogen) atoms. The van der Waals surface area contributed by atoms with Crippen LogP contribution in [0.1, 0.15) is 22.9 Å². The van der Waals surface area contributed by atoms with Gasteiger partial charge in [0.25, 0.3) is 5.56 Å². The molecule has 1 fully saturated rings. The van der Waals surface area contributed by atoms with E-state index in [1.54, 1.807) is 17.0 Å². The third-order valence-corrected chi connectivity index (χ3v) is 7.12. The van der Waals surface area contributed by atoms with Crippen LogP contribution in [0.25, 0.3) is 11.0 Å². The SMILES string of the molecule is Nc1cc2c(ncn2[C@@H]2O[C@H](COCc3ccccc3)[C@@H](OCc3ccccc3)[C@@H]2OCc2ccccc2)c(=O)[nH]1. The van der Waals surface area contributed by atoms with Gasteiger partial charge in [0.1, 0.15) is 24.1 Å². The van der Waals surface area contributed by atoms with E-state index in [-0.39, 0.29) is 23.5 Å². The lowest BCUT2D eigenvalue weighted by Gasteiger charge is -2.25. The maximum Gasteiger partial charge on any atom is 0.277 e. The molecule has 1 aliphatic heterocycles. The summed E-state index contributed by atoms with van der Waals surface area (Å²) in [5.41, 5.74) is 9.58. The number of benzene rings is 3. The quantitative estimate of drug-likeness (QED) is 0.246. The Bertz CT molecular complexity index is 1610. The van der Waals surface area contributed by atoms with E-state index in [0.29, 0.717) is 25.3 Å². The van der Waals surface area contributed by atoms with Gasteiger partial charge >= 0.3 is 0 Å². The molecule has 1 aliphatic rings. The first kappa shape index (κ1) is 26.9. The van der Waals surface area contributed by atoms with Gasteiger partial charge in [-0.25, -0.2) is 4.98 Å². The summed E-state index contributed by atoms with van der Waals surface area (Å²) in [5.74, 6) is 0.239. The third kappa shape index (κ3) is 6.23. The van der Waals surface area contributed by atoms with Crippen LogP contribution >= 0.6 is 0 Å². The second-order valence-electron chi connectivity index (χ2n) is 10.0. The van der Waals surface area contributed by atoms with Crippen molar-refractivity contribution in [2.75, 3.05) is 12.3 Å². The number of imidazole rings is 1. The number of fused-ring (bicyclic) bond motifs is 1. The number of H-pyrrole nitrogens is 1. The van der Waals surface area contributed by atoms with Crippen molar-refractivity contribution in [3.63, 3.8) is 0 Å². The van der Waals surface area contributed by atoms with Gasteiger partial charge in [-0.15, -0.1) is 0 Å². The molecule has 3 heterocycles. The van der Waals surface area contributed by atoms with Gasteiger partial charge in [0, 0.05) is 6.07 Å². The molecule has 0 spiro atoms. The van der Waals surface area contributed by atoms with Gasteiger partial charge in [-0.3, -0.25) is 4.79 Å². The second kappa shape index (κ2) is 12.5. The number of nitrogens with zero attached hydrogens (tertiary/aromatic N) is 2. The molecular weight excluding hydrogens is 520 g/mol. The number of aromatic nitrogens is 3. The maximum atomic E-state index is 12.6. The van der Waals surface area contributed by atoms with E-state index in [1.165, 1.54) is 0 Å². The number of anilines is 1. The molecule has 1 saturated heterocycles. The second-order valence-corrected chi connectivity index (χ2v) is 10.0. The van der Waals surface area contributed by atoms with Crippen LogP contribution in [0.15, 0.2) is 108 Å². The fraction of sp³-hybridized carbons (Fsp3) is 0.250. The minimum atomic E-state index is -0.643. The molecule has 4 atom stereocenters. The predicted molar refractivity (Wildman–Crippen MR) is 155 cm³/mol. The zero-order valence-electron chi connectivity index (χ0n) is 22.5. The summed E-state index contributed by atoms with van der Waals surface area (Å²) in [6.45, 7) is 1.44. The largest absolute Gasteiger partial charge is 0.385 e. The van der Waals surface area contributed by atoms with Gasteiger partial charge in [0.05, 0.1) is 38.3 Å². The van der Waals surface area contributed by atoms with Crippen LogP contribution in [0.5, 0.6) is 0 Å². The van der Waals surface area contributed by atoms with Crippen molar-refractivity contribution in [1.82, 2.24) is 14.5 Å². The Hall–Kier alpha value is -4.28. The summed E-state index contributed by atoms with van der Waals surface area (Å²) < 4.78 is 27.7. The first-order chi connectivity index (χ1) is 20.2. The monoisotopic (exact) mass is 552 g/mol. The van der Waals surface area contributed by atoms with E-state index in [0.717, 1.165) is 16.7 Å². The van der Waals surface area contributed by atoms with Crippen LogP contribution in [0.3, 0.4) is 0 Å². The molecule has 0 unspecified atom stereocenters. The van der Waals surface area contributed by atoms with Crippen LogP contribution in [0.4, 0.5) is 5.82 Å². The fourth-order valence-corrected chi connectivity index (χ4v) is 5.11. The number of pyridine rings is 1. The summed E-state index contributed by atoms with van der Waals surface area (Å²) in [6, 6.07) is 31.6. The van der Waals surface area contributed by atoms with E-state index < -0.39 is 24.5 Å². The fourth-order valence-electron chi connectivity index (χ4n) is 5.11. The molecule has 0 amide bonds. The number of nitrogen functional groups attached to an aromatic ring is 1. The molecule has 9 nitrogen and oxygen atoms in total. The van der Waals surface area contributed by atoms with Crippen LogP contribution in [-0.2, 0) is 38.8 Å². The molecule has 3 N–H and O–H groups in total. The van der Waals surface area contributed by atoms with Crippen LogP contribution in [-0.4, -0.2) is 39.5 Å². The molecule has 0 bridgehead atoms. The highest BCUT2D eigenvalue weighted by Gasteiger charge is 2.48. The lowest BCUT2D eigenvalue weighted by Crippen LogP contribution is -2.38. The summed E-state index contributed by atoms with van der Waals surface area (Å²) >= 11 is 0. The summed E-state index contributed by atoms with van der Waals surface area (Å²) in [4.78, 5) is 19.5. The van der Waals surface area contributed by atoms with Crippen molar-refractivity contribution in [2.24, 2.45) is 0 Å². The molecule has 3 aromatic carbocycles. The summed E-state index contributed by atoms with van der Waals surface area (Å²) in [5, 5.41) is 0. The lowest BCUT2D eigenvalue weighted by molar-refractivity contribution is -0.0913. The highest BCUT2D eigenvalue weighted by atomic mass is 16.6. The van der Waals surface area contributed by atoms with E-state index in [4.69, 9.17) is 24.7 Å². The van der Waals surface area contributed by atoms with Gasteiger partial charge in [0.15, 0.2) is 11.7 Å². The maximum absolute atomic E-state index is 12.6. The standard InChI is InChI=1S/C32H32N4O5/c33-27-16-25-28(31(37)35-27)34-21-36(25)32-30(40-19-24-14-8-3-9-15-24)29(39-18-23-12-6-2-7-13-23)26(41-32)20-38-17-22-10-4-1-5-11-22/h1-16,21,26,29-30,32H,17-20H2,(H3,33,35,37)/t26-,29-,30+,32-/m1/s1. The number of ether oxygens (including phenoxy) is 4. The Morgan fingerprint density at radius 1 is 0.805 bits per heavy atom. The Morgan fingerprint density at radius 2 is 1.37 bits per heavy atom. The van der Waals surface area contributed by atoms with Crippen LogP contribution in [0.2, 0.25) is 0 Å². The van der Waals surface area contributed by atoms with Gasteiger partial charge in [-0.05, 0) is 16.7 Å². The number of aromatic amines is 1. The zero-order chi connectivity index (χ0) is 28.0. The number of rotatable bonds is 11. The Kier molecular flexibility index (Phi) is 8.20. The number of nitrogens with two attached hydrogens (primary N) is 1. The highest BCUT2D eigenvalue weighted by Crippen LogP contribution is 2.37. The van der Waals surface area contributed by atoms with Gasteiger partial charge in [-0.1, -0.05) is 91.0 Å². The minimum absolute atomic E-state index is 0.239. The van der Waals surface area contributed by atoms with Gasteiger partial charge in [0.2, 0.25) is 0 Å². The normalized spacial score (nSPS) is 20.5. The molecule has 6 rings (SSSR count). The lowest BCUT2D eigenvalue weighted by atomic mass is 10.1. The molecule has 2 aromatic heterocycles. The average Bonchev–Trinajstić information content (AvgIpc) is 3.57. The topological polar surface area (TPSA) is 114 Å². The van der Waals surface area contributed by atoms with Crippen molar-refractivity contribution in [1.29, 1.82) is 0 Å². The third-order valence-electron chi connectivity index (χ3n) is 7.12. The average molecular weight is 553 g/mol. The van der Waals surface area contributed by atoms with E-state index in [2.05, 4.69) is 9.97 Å². The molecule has 5 aromatic rings. The highest BCUT2D eigenvalue weighted by molar-refractivity contribution is 5.76. The van der Waals surface area contributed by atoms with E-state index >= 15 is 0 Å². The number of nitrogens with one attached hydrogen (secondary N) is 1. The van der Waals surface area contributed by atoms with Crippen molar-refractivity contribution in [3.8, 4) is 0 Å². The van der Waals surface area contributed by atoms with Crippen LogP contribution in [0, 0.1) is 0 Å². The first-order valence-corrected chi connectivity index (χ1v) is 13.6. The first-order valence-electron chi connectivity index (χ1n) is 13.6. The Morgan fingerprint density at radius 3 is 1.98 bits per heavy atom. The van der Waals surface area contributed by atoms with E-state index in [1.807, 2.05) is 91.0 Å². The zero-order valence-corrected chi connectivity index (χ0v) is 22.5. The van der Waals surface area contributed by atoms with Crippen molar-refractivity contribution >= 4 is 16.9 Å². The number of hydrogen-bond acceptors (Lipinski definition) is 7. The molecule has 0 saturated carbocycles. The van der Waals surface area contributed by atoms with Crippen molar-refractivity contribution < 1.29 is 18.9 Å². The predicted octanol–water partition coefficient (Wildman–Crippen LogP) is 4.59. The summed E-state index contributed by atoms with van der Waals surface area (Å²) in [7, 11) is 0. The van der Waals surface area contributed by atoms with Crippen LogP contribution < -0.4 is 11.3 Å². The number of hydrogen-bond donors (Lipinski definition) is 2. The molecule has 0 aliphatic carbocycles. The van der Waals surface area contributed by atoms with Crippen molar-refractivity contribution in [3.05, 3.63) is 130 Å². The van der Waals surface area contributed by atoms with E-state index in [9.17, 15) is 4.79 Å². The molecule has 0 radical (unpaired) electrons. The van der Waals surface area contributed by atoms with Gasteiger partial charge in [-0.2, -0.15) is 0 Å².